The van der Waals surface area contributed by atoms with Crippen LogP contribution in [0.3, 0.4) is 0 Å². The molecule has 1 aliphatic rings. The van der Waals surface area contributed by atoms with E-state index in [1.54, 1.807) is 30.3 Å². The van der Waals surface area contributed by atoms with Crippen LogP contribution < -0.4 is 5.32 Å². The Kier molecular flexibility index (Phi) is 3.78. The van der Waals surface area contributed by atoms with Gasteiger partial charge in [-0.15, -0.1) is 0 Å². The fraction of sp³-hybridized carbons (Fsp3) is 0.167. The van der Waals surface area contributed by atoms with Crippen molar-refractivity contribution >= 4 is 11.9 Å². The second-order valence-electron chi connectivity index (χ2n) is 5.74. The predicted molar refractivity (Wildman–Crippen MR) is 84.0 cm³/mol. The second-order valence-corrected chi connectivity index (χ2v) is 5.74. The van der Waals surface area contributed by atoms with Crippen molar-refractivity contribution in [1.82, 2.24) is 10.2 Å². The first-order valence-electron chi connectivity index (χ1n) is 7.34. The van der Waals surface area contributed by atoms with Gasteiger partial charge in [0.15, 0.2) is 0 Å². The number of imide groups is 1. The van der Waals surface area contributed by atoms with Crippen molar-refractivity contribution in [3.63, 3.8) is 0 Å². The lowest BCUT2D eigenvalue weighted by Crippen LogP contribution is -2.41. The molecule has 1 atom stereocenters. The van der Waals surface area contributed by atoms with Crippen LogP contribution in [0.15, 0.2) is 48.5 Å². The largest absolute Gasteiger partial charge is 0.325 e. The molecular formula is C18H14FN3O2. The molecule has 5 nitrogen and oxygen atoms in total. The molecule has 1 heterocycles. The standard InChI is InChI=1S/C18H14FN3O2/c1-18(14-4-2-3-5-15(14)19)16(23)22(17(24)21-18)11-13-8-6-12(10-20)7-9-13/h2-9H,11H2,1H3,(H,21,24)/t18-/m1/s1. The molecule has 0 spiro atoms. The molecule has 2 aromatic rings. The normalized spacial score (nSPS) is 20.0. The van der Waals surface area contributed by atoms with Gasteiger partial charge < -0.3 is 5.32 Å². The van der Waals surface area contributed by atoms with Crippen LogP contribution in [0, 0.1) is 17.1 Å². The number of hydrogen-bond acceptors (Lipinski definition) is 3. The molecule has 0 saturated carbocycles. The molecule has 0 unspecified atom stereocenters. The highest BCUT2D eigenvalue weighted by molar-refractivity contribution is 6.07. The summed E-state index contributed by atoms with van der Waals surface area (Å²) in [5.41, 5.74) is -0.109. The van der Waals surface area contributed by atoms with E-state index in [1.807, 2.05) is 6.07 Å². The number of carbonyl (C=O) groups is 2. The van der Waals surface area contributed by atoms with Gasteiger partial charge in [-0.25, -0.2) is 9.18 Å². The third-order valence-corrected chi connectivity index (χ3v) is 4.11. The summed E-state index contributed by atoms with van der Waals surface area (Å²) in [6, 6.07) is 13.9. The van der Waals surface area contributed by atoms with E-state index in [-0.39, 0.29) is 12.1 Å². The Hall–Kier alpha value is -3.20. The number of halogens is 1. The molecule has 0 aliphatic carbocycles. The number of nitrogens with zero attached hydrogens (tertiary/aromatic N) is 2. The van der Waals surface area contributed by atoms with Gasteiger partial charge in [-0.2, -0.15) is 5.26 Å². The van der Waals surface area contributed by atoms with E-state index in [9.17, 15) is 14.0 Å². The molecule has 1 N–H and O–H groups in total. The molecule has 0 bridgehead atoms. The molecular weight excluding hydrogens is 309 g/mol. The van der Waals surface area contributed by atoms with E-state index >= 15 is 0 Å². The van der Waals surface area contributed by atoms with Crippen LogP contribution in [-0.4, -0.2) is 16.8 Å². The lowest BCUT2D eigenvalue weighted by atomic mass is 9.91. The zero-order chi connectivity index (χ0) is 17.3. The van der Waals surface area contributed by atoms with E-state index in [1.165, 1.54) is 25.1 Å². The van der Waals surface area contributed by atoms with Crippen LogP contribution in [0.25, 0.3) is 0 Å². The van der Waals surface area contributed by atoms with Gasteiger partial charge in [0.05, 0.1) is 18.2 Å². The van der Waals surface area contributed by atoms with Crippen molar-refractivity contribution in [2.24, 2.45) is 0 Å². The maximum absolute atomic E-state index is 14.1. The van der Waals surface area contributed by atoms with Crippen molar-refractivity contribution in [1.29, 1.82) is 5.26 Å². The van der Waals surface area contributed by atoms with Gasteiger partial charge in [0.25, 0.3) is 5.91 Å². The minimum atomic E-state index is -1.44. The Labute approximate surface area is 138 Å². The molecule has 1 fully saturated rings. The Bertz CT molecular complexity index is 857. The van der Waals surface area contributed by atoms with E-state index in [4.69, 9.17) is 5.26 Å². The lowest BCUT2D eigenvalue weighted by Gasteiger charge is -2.22. The first-order valence-corrected chi connectivity index (χ1v) is 7.34. The van der Waals surface area contributed by atoms with Crippen molar-refractivity contribution in [3.8, 4) is 6.07 Å². The topological polar surface area (TPSA) is 73.2 Å². The number of nitrogens with one attached hydrogen (secondary N) is 1. The smallest absolute Gasteiger partial charge is 0.319 e. The Morgan fingerprint density at radius 3 is 2.46 bits per heavy atom. The van der Waals surface area contributed by atoms with Gasteiger partial charge in [0.1, 0.15) is 11.4 Å². The van der Waals surface area contributed by atoms with E-state index < -0.39 is 23.3 Å². The number of amides is 3. The first-order chi connectivity index (χ1) is 11.5. The molecule has 2 aromatic carbocycles. The Morgan fingerprint density at radius 2 is 1.83 bits per heavy atom. The lowest BCUT2D eigenvalue weighted by molar-refractivity contribution is -0.131. The molecule has 3 amide bonds. The van der Waals surface area contributed by atoms with Gasteiger partial charge in [-0.05, 0) is 30.7 Å². The summed E-state index contributed by atoms with van der Waals surface area (Å²) in [6.07, 6.45) is 0. The molecule has 24 heavy (non-hydrogen) atoms. The van der Waals surface area contributed by atoms with Crippen LogP contribution in [0.2, 0.25) is 0 Å². The number of benzene rings is 2. The quantitative estimate of drug-likeness (QED) is 0.883. The van der Waals surface area contributed by atoms with Crippen molar-refractivity contribution < 1.29 is 14.0 Å². The van der Waals surface area contributed by atoms with Gasteiger partial charge >= 0.3 is 6.03 Å². The summed E-state index contributed by atoms with van der Waals surface area (Å²) in [4.78, 5) is 26.0. The number of urea groups is 1. The zero-order valence-electron chi connectivity index (χ0n) is 12.9. The molecule has 0 radical (unpaired) electrons. The summed E-state index contributed by atoms with van der Waals surface area (Å²) in [5.74, 6) is -1.06. The average Bonchev–Trinajstić information content (AvgIpc) is 2.80. The highest BCUT2D eigenvalue weighted by Crippen LogP contribution is 2.31. The van der Waals surface area contributed by atoms with Crippen LogP contribution in [0.5, 0.6) is 0 Å². The zero-order valence-corrected chi connectivity index (χ0v) is 12.9. The van der Waals surface area contributed by atoms with Gasteiger partial charge in [-0.3, -0.25) is 9.69 Å². The SMILES string of the molecule is C[C@]1(c2ccccc2F)NC(=O)N(Cc2ccc(C#N)cc2)C1=O. The molecule has 3 rings (SSSR count). The van der Waals surface area contributed by atoms with Gasteiger partial charge in [0, 0.05) is 5.56 Å². The molecule has 1 saturated heterocycles. The van der Waals surface area contributed by atoms with Crippen molar-refractivity contribution in [2.75, 3.05) is 0 Å². The van der Waals surface area contributed by atoms with Crippen LogP contribution in [0.4, 0.5) is 9.18 Å². The van der Waals surface area contributed by atoms with Crippen LogP contribution >= 0.6 is 0 Å². The fourth-order valence-corrected chi connectivity index (χ4v) is 2.76. The summed E-state index contributed by atoms with van der Waals surface area (Å²) in [7, 11) is 0. The Morgan fingerprint density at radius 1 is 1.17 bits per heavy atom. The number of nitriles is 1. The summed E-state index contributed by atoms with van der Waals surface area (Å²) < 4.78 is 14.1. The van der Waals surface area contributed by atoms with E-state index in [0.717, 1.165) is 4.90 Å². The van der Waals surface area contributed by atoms with Crippen LogP contribution in [-0.2, 0) is 16.9 Å². The van der Waals surface area contributed by atoms with Gasteiger partial charge in [0.2, 0.25) is 0 Å². The second kappa shape index (κ2) is 5.78. The minimum Gasteiger partial charge on any atom is -0.319 e. The Balaban J connectivity index is 1.89. The fourth-order valence-electron chi connectivity index (χ4n) is 2.76. The predicted octanol–water partition coefficient (Wildman–Crippen LogP) is 2.66. The van der Waals surface area contributed by atoms with Gasteiger partial charge in [-0.1, -0.05) is 30.3 Å². The average molecular weight is 323 g/mol. The maximum Gasteiger partial charge on any atom is 0.325 e. The van der Waals surface area contributed by atoms with Crippen molar-refractivity contribution in [3.05, 3.63) is 71.0 Å². The summed E-state index contributed by atoms with van der Waals surface area (Å²) in [6.45, 7) is 1.55. The third-order valence-electron chi connectivity index (χ3n) is 4.11. The molecule has 120 valence electrons. The van der Waals surface area contributed by atoms with Crippen LogP contribution in [0.1, 0.15) is 23.6 Å². The summed E-state index contributed by atoms with van der Waals surface area (Å²) >= 11 is 0. The number of rotatable bonds is 3. The maximum atomic E-state index is 14.1. The highest BCUT2D eigenvalue weighted by Gasteiger charge is 2.50. The molecule has 1 aliphatic heterocycles. The third kappa shape index (κ3) is 2.50. The molecule has 0 aromatic heterocycles. The monoisotopic (exact) mass is 323 g/mol. The summed E-state index contributed by atoms with van der Waals surface area (Å²) in [5, 5.41) is 11.4. The minimum absolute atomic E-state index is 0.0560. The van der Waals surface area contributed by atoms with Crippen molar-refractivity contribution in [2.45, 2.75) is 19.0 Å². The van der Waals surface area contributed by atoms with E-state index in [2.05, 4.69) is 5.32 Å². The number of carbonyl (C=O) groups excluding carboxylic acids is 2. The molecule has 6 heteroatoms. The first kappa shape index (κ1) is 15.7. The van der Waals surface area contributed by atoms with E-state index in [0.29, 0.717) is 11.1 Å². The highest BCUT2D eigenvalue weighted by atomic mass is 19.1. The number of hydrogen-bond donors (Lipinski definition) is 1.